The third-order valence-corrected chi connectivity index (χ3v) is 3.36. The number of para-hydroxylation sites is 1. The molecular weight excluding hydrogens is 262 g/mol. The molecule has 1 N–H and O–H groups in total. The van der Waals surface area contributed by atoms with Crippen LogP contribution in [0.5, 0.6) is 5.75 Å². The van der Waals surface area contributed by atoms with Gasteiger partial charge in [-0.25, -0.2) is 0 Å². The summed E-state index contributed by atoms with van der Waals surface area (Å²) in [5, 5.41) is 2.93. The van der Waals surface area contributed by atoms with Crippen LogP contribution in [0.1, 0.15) is 25.0 Å². The van der Waals surface area contributed by atoms with Crippen LogP contribution in [0.15, 0.2) is 48.5 Å². The van der Waals surface area contributed by atoms with E-state index in [0.717, 1.165) is 23.2 Å². The van der Waals surface area contributed by atoms with Gasteiger partial charge in [0.2, 0.25) is 0 Å². The van der Waals surface area contributed by atoms with Crippen LogP contribution in [0.2, 0.25) is 0 Å². The largest absolute Gasteiger partial charge is 0.481 e. The first-order chi connectivity index (χ1) is 10.1. The standard InChI is InChI=1S/C18H21NO2/c1-4-15-7-5-6-8-17(15)19-18(20)14(3)21-16-11-9-13(2)10-12-16/h5-12,14H,4H2,1-3H3,(H,19,20). The van der Waals surface area contributed by atoms with Gasteiger partial charge in [-0.05, 0) is 44.0 Å². The van der Waals surface area contributed by atoms with E-state index in [1.807, 2.05) is 55.5 Å². The fourth-order valence-corrected chi connectivity index (χ4v) is 2.06. The minimum absolute atomic E-state index is 0.142. The molecule has 1 unspecified atom stereocenters. The van der Waals surface area contributed by atoms with Crippen molar-refractivity contribution >= 4 is 11.6 Å². The molecule has 110 valence electrons. The van der Waals surface area contributed by atoms with Crippen LogP contribution in [-0.4, -0.2) is 12.0 Å². The molecule has 1 atom stereocenters. The van der Waals surface area contributed by atoms with Gasteiger partial charge in [0.1, 0.15) is 5.75 Å². The molecule has 0 saturated carbocycles. The summed E-state index contributed by atoms with van der Waals surface area (Å²) in [4.78, 5) is 12.2. The van der Waals surface area contributed by atoms with Crippen LogP contribution >= 0.6 is 0 Å². The minimum Gasteiger partial charge on any atom is -0.481 e. The van der Waals surface area contributed by atoms with Crippen molar-refractivity contribution in [3.8, 4) is 5.75 Å². The Morgan fingerprint density at radius 1 is 1.14 bits per heavy atom. The number of ether oxygens (including phenoxy) is 1. The zero-order valence-corrected chi connectivity index (χ0v) is 12.7. The van der Waals surface area contributed by atoms with Crippen LogP contribution in [0.3, 0.4) is 0 Å². The molecule has 0 aliphatic carbocycles. The van der Waals surface area contributed by atoms with Crippen LogP contribution < -0.4 is 10.1 Å². The number of benzene rings is 2. The second-order valence-corrected chi connectivity index (χ2v) is 5.07. The summed E-state index contributed by atoms with van der Waals surface area (Å²) in [5.74, 6) is 0.559. The smallest absolute Gasteiger partial charge is 0.265 e. The van der Waals surface area contributed by atoms with E-state index in [4.69, 9.17) is 4.74 Å². The molecule has 0 radical (unpaired) electrons. The third kappa shape index (κ3) is 4.09. The molecule has 0 aliphatic heterocycles. The molecule has 0 bridgehead atoms. The van der Waals surface area contributed by atoms with Gasteiger partial charge in [0.05, 0.1) is 0 Å². The molecule has 0 aliphatic rings. The second kappa shape index (κ2) is 6.93. The van der Waals surface area contributed by atoms with Gasteiger partial charge in [0.25, 0.3) is 5.91 Å². The van der Waals surface area contributed by atoms with Crippen LogP contribution in [-0.2, 0) is 11.2 Å². The first-order valence-electron chi connectivity index (χ1n) is 7.22. The Balaban J connectivity index is 2.01. The molecule has 21 heavy (non-hydrogen) atoms. The van der Waals surface area contributed by atoms with Crippen molar-refractivity contribution in [2.24, 2.45) is 0 Å². The maximum absolute atomic E-state index is 12.2. The van der Waals surface area contributed by atoms with Crippen molar-refractivity contribution in [1.29, 1.82) is 0 Å². The van der Waals surface area contributed by atoms with E-state index in [2.05, 4.69) is 12.2 Å². The highest BCUT2D eigenvalue weighted by Gasteiger charge is 2.15. The molecule has 1 amide bonds. The molecule has 2 rings (SSSR count). The van der Waals surface area contributed by atoms with Crippen LogP contribution in [0.4, 0.5) is 5.69 Å². The third-order valence-electron chi connectivity index (χ3n) is 3.36. The first kappa shape index (κ1) is 15.1. The van der Waals surface area contributed by atoms with Gasteiger partial charge in [0.15, 0.2) is 6.10 Å². The summed E-state index contributed by atoms with van der Waals surface area (Å²) in [6.07, 6.45) is 0.335. The van der Waals surface area contributed by atoms with Gasteiger partial charge in [-0.2, -0.15) is 0 Å². The zero-order chi connectivity index (χ0) is 15.2. The lowest BCUT2D eigenvalue weighted by Gasteiger charge is -2.16. The van der Waals surface area contributed by atoms with Gasteiger partial charge in [-0.1, -0.05) is 42.8 Å². The van der Waals surface area contributed by atoms with Crippen molar-refractivity contribution in [2.45, 2.75) is 33.3 Å². The number of hydrogen-bond acceptors (Lipinski definition) is 2. The number of carbonyl (C=O) groups is 1. The summed E-state index contributed by atoms with van der Waals surface area (Å²) in [7, 11) is 0. The van der Waals surface area contributed by atoms with E-state index in [1.165, 1.54) is 0 Å². The summed E-state index contributed by atoms with van der Waals surface area (Å²) < 4.78 is 5.66. The number of anilines is 1. The lowest BCUT2D eigenvalue weighted by atomic mass is 10.1. The van der Waals surface area contributed by atoms with Gasteiger partial charge in [-0.3, -0.25) is 4.79 Å². The molecule has 3 nitrogen and oxygen atoms in total. The van der Waals surface area contributed by atoms with Crippen molar-refractivity contribution in [2.75, 3.05) is 5.32 Å². The quantitative estimate of drug-likeness (QED) is 0.902. The Kier molecular flexibility index (Phi) is 4.99. The second-order valence-electron chi connectivity index (χ2n) is 5.07. The average molecular weight is 283 g/mol. The van der Waals surface area contributed by atoms with Crippen molar-refractivity contribution in [3.63, 3.8) is 0 Å². The molecule has 0 heterocycles. The molecule has 2 aromatic rings. The molecular formula is C18H21NO2. The molecule has 2 aromatic carbocycles. The Morgan fingerprint density at radius 2 is 1.81 bits per heavy atom. The van der Waals surface area contributed by atoms with Gasteiger partial charge >= 0.3 is 0 Å². The average Bonchev–Trinajstić information content (AvgIpc) is 2.50. The predicted octanol–water partition coefficient (Wildman–Crippen LogP) is 3.96. The van der Waals surface area contributed by atoms with Crippen LogP contribution in [0.25, 0.3) is 0 Å². The highest BCUT2D eigenvalue weighted by molar-refractivity contribution is 5.94. The Morgan fingerprint density at radius 3 is 2.48 bits per heavy atom. The van der Waals surface area contributed by atoms with Crippen molar-refractivity contribution < 1.29 is 9.53 Å². The summed E-state index contributed by atoms with van der Waals surface area (Å²) in [6.45, 7) is 5.84. The summed E-state index contributed by atoms with van der Waals surface area (Å²) in [6, 6.07) is 15.5. The lowest BCUT2D eigenvalue weighted by Crippen LogP contribution is -2.30. The number of nitrogens with one attached hydrogen (secondary N) is 1. The van der Waals surface area contributed by atoms with E-state index in [9.17, 15) is 4.79 Å². The Bertz CT molecular complexity index is 605. The highest BCUT2D eigenvalue weighted by atomic mass is 16.5. The maximum Gasteiger partial charge on any atom is 0.265 e. The topological polar surface area (TPSA) is 38.3 Å². The number of hydrogen-bond donors (Lipinski definition) is 1. The Hall–Kier alpha value is -2.29. The molecule has 0 spiro atoms. The molecule has 0 fully saturated rings. The van der Waals surface area contributed by atoms with Gasteiger partial charge in [-0.15, -0.1) is 0 Å². The number of carbonyl (C=O) groups excluding carboxylic acids is 1. The number of aryl methyl sites for hydroxylation is 2. The first-order valence-corrected chi connectivity index (χ1v) is 7.22. The summed E-state index contributed by atoms with van der Waals surface area (Å²) in [5.41, 5.74) is 3.13. The lowest BCUT2D eigenvalue weighted by molar-refractivity contribution is -0.122. The predicted molar refractivity (Wildman–Crippen MR) is 85.7 cm³/mol. The van der Waals surface area contributed by atoms with E-state index in [-0.39, 0.29) is 5.91 Å². The SMILES string of the molecule is CCc1ccccc1NC(=O)C(C)Oc1ccc(C)cc1. The molecule has 0 aromatic heterocycles. The fraction of sp³-hybridized carbons (Fsp3) is 0.278. The Labute approximate surface area is 126 Å². The molecule has 0 saturated heterocycles. The van der Waals surface area contributed by atoms with E-state index < -0.39 is 6.10 Å². The van der Waals surface area contributed by atoms with Gasteiger partial charge in [0, 0.05) is 5.69 Å². The van der Waals surface area contributed by atoms with Crippen LogP contribution in [0, 0.1) is 6.92 Å². The minimum atomic E-state index is -0.544. The maximum atomic E-state index is 12.2. The van der Waals surface area contributed by atoms with Crippen molar-refractivity contribution in [3.05, 3.63) is 59.7 Å². The van der Waals surface area contributed by atoms with Gasteiger partial charge < -0.3 is 10.1 Å². The fourth-order valence-electron chi connectivity index (χ4n) is 2.06. The molecule has 3 heteroatoms. The number of amides is 1. The van der Waals surface area contributed by atoms with E-state index >= 15 is 0 Å². The normalized spacial score (nSPS) is 11.8. The summed E-state index contributed by atoms with van der Waals surface area (Å²) >= 11 is 0. The monoisotopic (exact) mass is 283 g/mol. The van der Waals surface area contributed by atoms with Crippen molar-refractivity contribution in [1.82, 2.24) is 0 Å². The van der Waals surface area contributed by atoms with E-state index in [1.54, 1.807) is 6.92 Å². The van der Waals surface area contributed by atoms with E-state index in [0.29, 0.717) is 5.75 Å². The zero-order valence-electron chi connectivity index (χ0n) is 12.7. The number of rotatable bonds is 5. The highest BCUT2D eigenvalue weighted by Crippen LogP contribution is 2.17.